The second-order valence-electron chi connectivity index (χ2n) is 15.0. The summed E-state index contributed by atoms with van der Waals surface area (Å²) in [6.45, 7) is 13.9. The Morgan fingerprint density at radius 2 is 1.12 bits per heavy atom. The van der Waals surface area contributed by atoms with Crippen molar-refractivity contribution in [3.05, 3.63) is 0 Å². The van der Waals surface area contributed by atoms with Crippen LogP contribution in [0.15, 0.2) is 0 Å². The van der Waals surface area contributed by atoms with Crippen molar-refractivity contribution in [3.63, 3.8) is 0 Å². The highest BCUT2D eigenvalue weighted by molar-refractivity contribution is 7.87. The second-order valence-corrected chi connectivity index (χ2v) is 16.5. The number of rotatable bonds is 8. The number of ether oxygens (including phenoxy) is 1. The smallest absolute Gasteiger partial charge is 0.385 e. The van der Waals surface area contributed by atoms with Gasteiger partial charge in [0.25, 0.3) is 5.79 Å². The van der Waals surface area contributed by atoms with Crippen LogP contribution in [0.1, 0.15) is 83.1 Å². The molecule has 6 atom stereocenters. The Kier molecular flexibility index (Phi) is 9.95. The summed E-state index contributed by atoms with van der Waals surface area (Å²) in [6, 6.07) is 0. The number of carbonyl (C=O) groups is 4. The first-order valence-corrected chi connectivity index (χ1v) is 14.6. The van der Waals surface area contributed by atoms with Crippen LogP contribution in [0, 0.1) is 21.7 Å². The molecule has 0 aliphatic carbocycles. The maximum Gasteiger partial charge on any atom is 0.523 e. The number of aliphatic hydroxyl groups excluding tert-OH is 1. The lowest BCUT2D eigenvalue weighted by Crippen LogP contribution is -2.77. The van der Waals surface area contributed by atoms with Crippen LogP contribution < -0.4 is 0 Å². The summed E-state index contributed by atoms with van der Waals surface area (Å²) in [6.07, 6.45) is -8.91. The molecule has 1 saturated heterocycles. The van der Waals surface area contributed by atoms with E-state index in [1.54, 1.807) is 0 Å². The number of alkyl halides is 3. The van der Waals surface area contributed by atoms with Crippen molar-refractivity contribution in [2.75, 3.05) is 0 Å². The molecule has 1 rings (SSSR count). The number of hydrogen-bond donors (Lipinski definition) is 4. The molecular weight excluding hydrogens is 605 g/mol. The molecule has 1 fully saturated rings. The summed E-state index contributed by atoms with van der Waals surface area (Å²) in [5.41, 5.74) is -21.4. The second kappa shape index (κ2) is 10.9. The lowest BCUT2D eigenvalue weighted by atomic mass is 9.59. The van der Waals surface area contributed by atoms with Crippen LogP contribution in [0.25, 0.3) is 0 Å². The van der Waals surface area contributed by atoms with E-state index in [0.717, 1.165) is 62.3 Å². The minimum Gasteiger partial charge on any atom is -0.385 e. The molecule has 0 bridgehead atoms. The number of carbonyl (C=O) groups excluding carboxylic acids is 4. The van der Waals surface area contributed by atoms with E-state index in [1.165, 1.54) is 20.8 Å². The Morgan fingerprint density at radius 1 is 0.744 bits per heavy atom. The maximum absolute atomic E-state index is 14.0. The highest BCUT2D eigenvalue weighted by atomic mass is 32.2. The molecule has 1 aliphatic heterocycles. The third kappa shape index (κ3) is 6.47. The van der Waals surface area contributed by atoms with E-state index >= 15 is 0 Å². The van der Waals surface area contributed by atoms with Gasteiger partial charge in [-0.3, -0.25) is 19.2 Å². The zero-order valence-corrected chi connectivity index (χ0v) is 27.1. The topological polar surface area (TPSA) is 202 Å². The van der Waals surface area contributed by atoms with E-state index < -0.39 is 95.7 Å². The Labute approximate surface area is 249 Å². The molecule has 0 aromatic carbocycles. The van der Waals surface area contributed by atoms with Gasteiger partial charge in [-0.1, -0.05) is 83.1 Å². The summed E-state index contributed by atoms with van der Waals surface area (Å²) < 4.78 is 74.5. The number of hydrogen-bond acceptors (Lipinski definition) is 12. The molecule has 1 unspecified atom stereocenters. The molecule has 1 heterocycles. The Morgan fingerprint density at radius 3 is 1.42 bits per heavy atom. The lowest BCUT2D eigenvalue weighted by Gasteiger charge is -2.46. The first-order valence-electron chi connectivity index (χ1n) is 13.2. The lowest BCUT2D eigenvalue weighted by molar-refractivity contribution is -0.259. The molecule has 0 saturated carbocycles. The number of halogens is 3. The fraction of sp³-hybridized carbons (Fsp3) is 0.852. The first-order chi connectivity index (χ1) is 18.5. The van der Waals surface area contributed by atoms with E-state index in [2.05, 4.69) is 4.18 Å². The highest BCUT2D eigenvalue weighted by Crippen LogP contribution is 2.55. The Bertz CT molecular complexity index is 1260. The zero-order chi connectivity index (χ0) is 35.0. The van der Waals surface area contributed by atoms with Crippen molar-refractivity contribution in [1.29, 1.82) is 0 Å². The van der Waals surface area contributed by atoms with Crippen LogP contribution in [0.2, 0.25) is 0 Å². The molecule has 0 aromatic heterocycles. The van der Waals surface area contributed by atoms with Gasteiger partial charge in [0.2, 0.25) is 11.4 Å². The van der Waals surface area contributed by atoms with Crippen molar-refractivity contribution in [1.82, 2.24) is 0 Å². The van der Waals surface area contributed by atoms with E-state index in [0.29, 0.717) is 0 Å². The molecule has 0 radical (unpaired) electrons. The van der Waals surface area contributed by atoms with E-state index in [1.807, 2.05) is 0 Å². The van der Waals surface area contributed by atoms with Crippen molar-refractivity contribution in [2.45, 2.75) is 124 Å². The molecule has 1 aliphatic rings. The van der Waals surface area contributed by atoms with Crippen molar-refractivity contribution in [3.8, 4) is 0 Å². The Hall–Kier alpha value is -1.82. The standard InChI is InChI=1S/C27H43F3O12S/c1-20(2,3)15(32)13(31)14(42-43(39,40)27(28,29)30)16-24(36,17(33)21(4,5)6)25(37,18(34)22(7,8)9)26(38,41-16)19(35)23(10,11)12/h14-16,32,36-38H,1-12H3/t14-,15?,16-,24+,25+,26+/m0/s1. The Balaban J connectivity index is 4.52. The molecule has 12 nitrogen and oxygen atoms in total. The van der Waals surface area contributed by atoms with Gasteiger partial charge in [0.1, 0.15) is 12.2 Å². The number of aliphatic hydroxyl groups is 4. The van der Waals surface area contributed by atoms with Crippen molar-refractivity contribution < 1.29 is 70.1 Å². The normalized spacial score (nSPS) is 29.2. The van der Waals surface area contributed by atoms with Gasteiger partial charge in [-0.05, 0) is 5.41 Å². The molecular formula is C27H43F3O12S. The third-order valence-corrected chi connectivity index (χ3v) is 7.96. The third-order valence-electron chi connectivity index (χ3n) is 6.94. The van der Waals surface area contributed by atoms with Crippen LogP contribution in [0.5, 0.6) is 0 Å². The maximum atomic E-state index is 14.0. The molecule has 0 amide bonds. The van der Waals surface area contributed by atoms with Gasteiger partial charge >= 0.3 is 15.6 Å². The fourth-order valence-electron chi connectivity index (χ4n) is 4.58. The average molecular weight is 649 g/mol. The monoisotopic (exact) mass is 648 g/mol. The van der Waals surface area contributed by atoms with Crippen LogP contribution in [0.3, 0.4) is 0 Å². The summed E-state index contributed by atoms with van der Waals surface area (Å²) in [5, 5.41) is 46.9. The van der Waals surface area contributed by atoms with Crippen LogP contribution >= 0.6 is 0 Å². The van der Waals surface area contributed by atoms with Crippen LogP contribution in [0.4, 0.5) is 13.2 Å². The largest absolute Gasteiger partial charge is 0.523 e. The minimum absolute atomic E-state index is 1.11. The van der Waals surface area contributed by atoms with Crippen molar-refractivity contribution in [2.24, 2.45) is 21.7 Å². The predicted octanol–water partition coefficient (Wildman–Crippen LogP) is 1.59. The van der Waals surface area contributed by atoms with E-state index in [4.69, 9.17) is 4.74 Å². The quantitative estimate of drug-likeness (QED) is 0.219. The summed E-state index contributed by atoms with van der Waals surface area (Å²) >= 11 is 0. The van der Waals surface area contributed by atoms with Gasteiger partial charge < -0.3 is 25.2 Å². The van der Waals surface area contributed by atoms with Gasteiger partial charge in [0, 0.05) is 16.2 Å². The van der Waals surface area contributed by atoms with Gasteiger partial charge in [-0.2, -0.15) is 21.6 Å². The van der Waals surface area contributed by atoms with Crippen molar-refractivity contribution >= 4 is 33.3 Å². The van der Waals surface area contributed by atoms with Gasteiger partial charge in [-0.15, -0.1) is 0 Å². The summed E-state index contributed by atoms with van der Waals surface area (Å²) in [5.74, 6) is -10.8. The molecule has 43 heavy (non-hydrogen) atoms. The molecule has 0 aromatic rings. The zero-order valence-electron chi connectivity index (χ0n) is 26.3. The molecule has 0 spiro atoms. The number of ketones is 4. The van der Waals surface area contributed by atoms with Gasteiger partial charge in [0.15, 0.2) is 29.1 Å². The summed E-state index contributed by atoms with van der Waals surface area (Å²) in [7, 11) is -6.81. The van der Waals surface area contributed by atoms with Gasteiger partial charge in [-0.25, -0.2) is 4.18 Å². The van der Waals surface area contributed by atoms with Crippen LogP contribution in [-0.4, -0.2) is 92.8 Å². The van der Waals surface area contributed by atoms with E-state index in [9.17, 15) is 61.2 Å². The van der Waals surface area contributed by atoms with Gasteiger partial charge in [0.05, 0.1) is 0 Å². The molecule has 250 valence electrons. The minimum atomic E-state index is -6.81. The molecule has 16 heteroatoms. The fourth-order valence-corrected chi connectivity index (χ4v) is 5.16. The first kappa shape index (κ1) is 39.2. The van der Waals surface area contributed by atoms with Crippen LogP contribution in [-0.2, 0) is 38.2 Å². The summed E-state index contributed by atoms with van der Waals surface area (Å²) in [4.78, 5) is 55.2. The highest BCUT2D eigenvalue weighted by Gasteiger charge is 2.85. The van der Waals surface area contributed by atoms with E-state index in [-0.39, 0.29) is 0 Å². The number of Topliss-reactive ketones (excluding diaryl/α,β-unsaturated/α-hetero) is 4. The predicted molar refractivity (Wildman–Crippen MR) is 143 cm³/mol. The molecule has 4 N–H and O–H groups in total. The average Bonchev–Trinajstić information content (AvgIpc) is 2.97. The SMILES string of the molecule is CC(C)(C)C(=O)[C@]1(O)[C@@](O)(C(=O)C(C)(C)C)O[C@@H]([C@@H](OS(=O)(=O)C(F)(F)F)C(=O)C(O)C(C)(C)C)[C@@]1(O)C(=O)C(C)(C)C.